The van der Waals surface area contributed by atoms with Gasteiger partial charge in [-0.3, -0.25) is 4.79 Å². The van der Waals surface area contributed by atoms with E-state index in [1.165, 1.54) is 25.7 Å². The van der Waals surface area contributed by atoms with E-state index in [0.29, 0.717) is 12.2 Å². The van der Waals surface area contributed by atoms with E-state index >= 15 is 0 Å². The molecule has 0 bridgehead atoms. The van der Waals surface area contributed by atoms with Gasteiger partial charge in [0.1, 0.15) is 5.78 Å². The molecule has 68 valence electrons. The van der Waals surface area contributed by atoms with Gasteiger partial charge in [0.25, 0.3) is 0 Å². The maximum atomic E-state index is 11.2. The Bertz CT molecular complexity index is 170. The highest BCUT2D eigenvalue weighted by molar-refractivity contribution is 5.86. The number of carbonyl (C=O) groups is 1. The van der Waals surface area contributed by atoms with E-state index in [0.717, 1.165) is 6.42 Å². The van der Waals surface area contributed by atoms with Gasteiger partial charge in [-0.15, -0.1) is 0 Å². The highest BCUT2D eigenvalue weighted by atomic mass is 16.1. The molecule has 1 heteroatoms. The summed E-state index contributed by atoms with van der Waals surface area (Å²) in [5.74, 6) is 0.688. The Hall–Kier alpha value is -0.590. The van der Waals surface area contributed by atoms with E-state index in [-0.39, 0.29) is 5.92 Å². The number of rotatable bonds is 5. The van der Waals surface area contributed by atoms with Crippen molar-refractivity contribution in [2.75, 3.05) is 0 Å². The molecule has 0 saturated carbocycles. The minimum absolute atomic E-state index is 0.266. The first-order valence-corrected chi connectivity index (χ1v) is 5.04. The molecule has 1 aliphatic carbocycles. The van der Waals surface area contributed by atoms with E-state index in [9.17, 15) is 4.79 Å². The van der Waals surface area contributed by atoms with Crippen molar-refractivity contribution in [3.63, 3.8) is 0 Å². The number of hydrogen-bond donors (Lipinski definition) is 0. The van der Waals surface area contributed by atoms with Crippen molar-refractivity contribution in [2.24, 2.45) is 5.92 Å². The summed E-state index contributed by atoms with van der Waals surface area (Å²) >= 11 is 0. The largest absolute Gasteiger partial charge is 0.299 e. The fraction of sp³-hybridized carbons (Fsp3) is 0.727. The smallest absolute Gasteiger partial charge is 0.143 e. The Balaban J connectivity index is 2.06. The molecule has 1 atom stereocenters. The monoisotopic (exact) mass is 166 g/mol. The van der Waals surface area contributed by atoms with Gasteiger partial charge in [-0.1, -0.05) is 44.8 Å². The summed E-state index contributed by atoms with van der Waals surface area (Å²) in [6.45, 7) is 2.21. The van der Waals surface area contributed by atoms with Crippen LogP contribution in [0.2, 0.25) is 0 Å². The van der Waals surface area contributed by atoms with Gasteiger partial charge < -0.3 is 0 Å². The van der Waals surface area contributed by atoms with Gasteiger partial charge in [-0.25, -0.2) is 0 Å². The van der Waals surface area contributed by atoms with Crippen LogP contribution in [-0.4, -0.2) is 5.78 Å². The van der Waals surface area contributed by atoms with E-state index in [2.05, 4.69) is 13.0 Å². The molecule has 0 amide bonds. The van der Waals surface area contributed by atoms with Crippen molar-refractivity contribution in [1.29, 1.82) is 0 Å². The number of ketones is 1. The molecule has 0 aliphatic heterocycles. The van der Waals surface area contributed by atoms with E-state index in [1.807, 2.05) is 6.08 Å². The molecular weight excluding hydrogens is 148 g/mol. The lowest BCUT2D eigenvalue weighted by Gasteiger charge is -2.04. The maximum Gasteiger partial charge on any atom is 0.143 e. The fourth-order valence-electron chi connectivity index (χ4n) is 1.66. The molecule has 0 fully saturated rings. The van der Waals surface area contributed by atoms with Crippen molar-refractivity contribution in [1.82, 2.24) is 0 Å². The molecule has 1 nitrogen and oxygen atoms in total. The first-order chi connectivity index (χ1) is 5.84. The van der Waals surface area contributed by atoms with Crippen LogP contribution in [0.5, 0.6) is 0 Å². The topological polar surface area (TPSA) is 17.1 Å². The van der Waals surface area contributed by atoms with Gasteiger partial charge in [0, 0.05) is 12.3 Å². The van der Waals surface area contributed by atoms with E-state index in [1.54, 1.807) is 0 Å². The fourth-order valence-corrected chi connectivity index (χ4v) is 1.66. The highest BCUT2D eigenvalue weighted by Gasteiger charge is 2.17. The summed E-state index contributed by atoms with van der Waals surface area (Å²) in [5.41, 5.74) is 0. The lowest BCUT2D eigenvalue weighted by atomic mass is 9.99. The molecule has 0 saturated heterocycles. The first kappa shape index (κ1) is 9.50. The molecule has 12 heavy (non-hydrogen) atoms. The van der Waals surface area contributed by atoms with Crippen molar-refractivity contribution in [3.05, 3.63) is 12.2 Å². The SMILES string of the molecule is CCCCCCC1C=CCC1=O. The molecule has 0 N–H and O–H groups in total. The lowest BCUT2D eigenvalue weighted by molar-refractivity contribution is -0.120. The summed E-state index contributed by atoms with van der Waals surface area (Å²) < 4.78 is 0. The lowest BCUT2D eigenvalue weighted by Crippen LogP contribution is -2.05. The minimum atomic E-state index is 0.266. The molecule has 1 unspecified atom stereocenters. The molecule has 0 radical (unpaired) electrons. The third kappa shape index (κ3) is 2.80. The van der Waals surface area contributed by atoms with Crippen molar-refractivity contribution >= 4 is 5.78 Å². The standard InChI is InChI=1S/C11H18O/c1-2-3-4-5-7-10-8-6-9-11(10)12/h6,8,10H,2-5,7,9H2,1H3. The summed E-state index contributed by atoms with van der Waals surface area (Å²) in [6, 6.07) is 0. The van der Waals surface area contributed by atoms with Gasteiger partial charge >= 0.3 is 0 Å². The van der Waals surface area contributed by atoms with Crippen LogP contribution in [0.3, 0.4) is 0 Å². The van der Waals surface area contributed by atoms with Gasteiger partial charge in [-0.2, -0.15) is 0 Å². The predicted octanol–water partition coefficient (Wildman–Crippen LogP) is 3.10. The Morgan fingerprint density at radius 2 is 2.25 bits per heavy atom. The van der Waals surface area contributed by atoms with Crippen LogP contribution in [-0.2, 0) is 4.79 Å². The van der Waals surface area contributed by atoms with Crippen molar-refractivity contribution in [2.45, 2.75) is 45.4 Å². The van der Waals surface area contributed by atoms with Crippen LogP contribution >= 0.6 is 0 Å². The number of allylic oxidation sites excluding steroid dienone is 2. The van der Waals surface area contributed by atoms with Gasteiger partial charge in [0.15, 0.2) is 0 Å². The Labute approximate surface area is 74.9 Å². The first-order valence-electron chi connectivity index (χ1n) is 5.04. The number of carbonyl (C=O) groups excluding carboxylic acids is 1. The summed E-state index contributed by atoms with van der Waals surface area (Å²) in [4.78, 5) is 11.2. The molecule has 1 rings (SSSR count). The number of Topliss-reactive ketones (excluding diaryl/α,β-unsaturated/α-hetero) is 1. The van der Waals surface area contributed by atoms with Crippen LogP contribution in [0.25, 0.3) is 0 Å². The normalized spacial score (nSPS) is 22.1. The van der Waals surface area contributed by atoms with Gasteiger partial charge in [-0.05, 0) is 6.42 Å². The van der Waals surface area contributed by atoms with E-state index < -0.39 is 0 Å². The molecule has 0 aromatic heterocycles. The second-order valence-electron chi connectivity index (χ2n) is 3.55. The molecule has 1 aliphatic rings. The molecule has 0 aromatic carbocycles. The van der Waals surface area contributed by atoms with Crippen LogP contribution in [0.1, 0.15) is 45.4 Å². The zero-order valence-corrected chi connectivity index (χ0v) is 7.88. The van der Waals surface area contributed by atoms with Crippen LogP contribution < -0.4 is 0 Å². The number of hydrogen-bond acceptors (Lipinski definition) is 1. The Morgan fingerprint density at radius 3 is 2.83 bits per heavy atom. The summed E-state index contributed by atoms with van der Waals surface area (Å²) in [5, 5.41) is 0. The summed E-state index contributed by atoms with van der Waals surface area (Å²) in [7, 11) is 0. The average Bonchev–Trinajstić information content (AvgIpc) is 2.46. The van der Waals surface area contributed by atoms with Crippen LogP contribution in [0.15, 0.2) is 12.2 Å². The zero-order chi connectivity index (χ0) is 8.81. The van der Waals surface area contributed by atoms with Crippen molar-refractivity contribution < 1.29 is 4.79 Å². The molecule has 0 spiro atoms. The second kappa shape index (κ2) is 5.13. The van der Waals surface area contributed by atoms with Gasteiger partial charge in [0.2, 0.25) is 0 Å². The zero-order valence-electron chi connectivity index (χ0n) is 7.88. The van der Waals surface area contributed by atoms with Crippen LogP contribution in [0, 0.1) is 5.92 Å². The van der Waals surface area contributed by atoms with E-state index in [4.69, 9.17) is 0 Å². The third-order valence-corrected chi connectivity index (χ3v) is 2.47. The van der Waals surface area contributed by atoms with Crippen molar-refractivity contribution in [3.8, 4) is 0 Å². The average molecular weight is 166 g/mol. The van der Waals surface area contributed by atoms with Crippen LogP contribution in [0.4, 0.5) is 0 Å². The highest BCUT2D eigenvalue weighted by Crippen LogP contribution is 2.19. The Morgan fingerprint density at radius 1 is 1.42 bits per heavy atom. The molecular formula is C11H18O. The maximum absolute atomic E-state index is 11.2. The summed E-state index contributed by atoms with van der Waals surface area (Å²) in [6.07, 6.45) is 10.9. The molecule has 0 heterocycles. The molecule has 0 aromatic rings. The Kier molecular flexibility index (Phi) is 4.06. The minimum Gasteiger partial charge on any atom is -0.299 e. The predicted molar refractivity (Wildman–Crippen MR) is 51.0 cm³/mol. The van der Waals surface area contributed by atoms with Gasteiger partial charge in [0.05, 0.1) is 0 Å². The quantitative estimate of drug-likeness (QED) is 0.453. The number of unbranched alkanes of at least 4 members (excludes halogenated alkanes) is 3. The second-order valence-corrected chi connectivity index (χ2v) is 3.55. The third-order valence-electron chi connectivity index (χ3n) is 2.47.